The number of carbonyl (C=O) groups excluding carboxylic acids is 1. The molecular weight excluding hydrogens is 880 g/mol. The lowest BCUT2D eigenvalue weighted by Gasteiger charge is -2.45. The number of nitrogens with one attached hydrogen (secondary N) is 3. The highest BCUT2D eigenvalue weighted by atomic mass is 35.5. The van der Waals surface area contributed by atoms with Crippen molar-refractivity contribution in [2.24, 2.45) is 11.3 Å². The van der Waals surface area contributed by atoms with Gasteiger partial charge in [0.1, 0.15) is 23.6 Å². The summed E-state index contributed by atoms with van der Waals surface area (Å²) in [6.07, 6.45) is 6.64. The Hall–Kier alpha value is -5.68. The number of nitro groups is 1. The van der Waals surface area contributed by atoms with E-state index in [1.807, 2.05) is 55.1 Å². The van der Waals surface area contributed by atoms with Crippen molar-refractivity contribution in [2.45, 2.75) is 70.2 Å². The van der Waals surface area contributed by atoms with Crippen LogP contribution < -0.4 is 24.6 Å². The number of fused-ring (bicyclic) bond motifs is 2. The number of allylic oxidation sites excluding steroid dienone is 1. The van der Waals surface area contributed by atoms with Crippen molar-refractivity contribution in [3.8, 4) is 5.88 Å². The Balaban J connectivity index is 1.00. The van der Waals surface area contributed by atoms with Gasteiger partial charge in [-0.25, -0.2) is 13.1 Å². The topological polar surface area (TPSA) is 175 Å². The number of H-pyrrole nitrogens is 1. The van der Waals surface area contributed by atoms with E-state index in [4.69, 9.17) is 26.1 Å². The third-order valence-corrected chi connectivity index (χ3v) is 15.1. The number of hydrogen-bond acceptors (Lipinski definition) is 12. The number of hydrogen-bond donors (Lipinski definition) is 3. The molecule has 0 spiro atoms. The quantitative estimate of drug-likeness (QED) is 0.0801. The van der Waals surface area contributed by atoms with Gasteiger partial charge >= 0.3 is 0 Å². The first kappa shape index (κ1) is 45.5. The number of aromatic amines is 1. The highest BCUT2D eigenvalue weighted by Crippen LogP contribution is 2.47. The zero-order valence-electron chi connectivity index (χ0n) is 37.9. The molecule has 9 rings (SSSR count). The number of ether oxygens (including phenoxy) is 2. The summed E-state index contributed by atoms with van der Waals surface area (Å²) in [4.78, 5) is 40.4. The lowest BCUT2D eigenvalue weighted by Crippen LogP contribution is -2.50. The largest absolute Gasteiger partial charge is 0.474 e. The summed E-state index contributed by atoms with van der Waals surface area (Å²) >= 11 is 6.28. The zero-order valence-corrected chi connectivity index (χ0v) is 39.4. The molecular formula is C49H57ClN8O7S. The van der Waals surface area contributed by atoms with Gasteiger partial charge in [0.15, 0.2) is 0 Å². The molecule has 5 heterocycles. The van der Waals surface area contributed by atoms with Gasteiger partial charge in [-0.3, -0.25) is 19.8 Å². The highest BCUT2D eigenvalue weighted by Gasteiger charge is 2.40. The van der Waals surface area contributed by atoms with Gasteiger partial charge in [-0.15, -0.1) is 0 Å². The summed E-state index contributed by atoms with van der Waals surface area (Å²) in [6.45, 7) is 14.7. The third kappa shape index (κ3) is 9.59. The van der Waals surface area contributed by atoms with Crippen molar-refractivity contribution in [3.63, 3.8) is 0 Å². The molecule has 0 unspecified atom stereocenters. The maximum Gasteiger partial charge on any atom is 0.293 e. The molecule has 17 heteroatoms. The molecule has 0 radical (unpaired) electrons. The molecule has 0 bridgehead atoms. The minimum absolute atomic E-state index is 0.0992. The van der Waals surface area contributed by atoms with Gasteiger partial charge in [-0.1, -0.05) is 43.2 Å². The standard InChI is InChI=1S/C49H57ClN8O7S/c1-48(2)17-13-35(40(28-48)33-5-7-36(50)8-6-33)30-55-19-21-56(22-20-55)37-9-11-39(42(26-37)57-44-25-34-14-18-51-45(34)53-47(44)65-31-49(57,3)4)46(59)54-66(62,63)38-10-12-41(43(27-38)58(60)61)52-29-32-15-23-64-24-16-32/h5-12,14,18,25-27,32,52H,13,15-17,19-24,28-31H2,1-4H3,(H,51,53)(H,54,59). The van der Waals surface area contributed by atoms with Gasteiger partial charge in [0, 0.05) is 80.8 Å². The number of nitrogens with zero attached hydrogens (tertiary/aromatic N) is 5. The molecule has 5 aromatic rings. The average molecular weight is 938 g/mol. The van der Waals surface area contributed by atoms with Crippen molar-refractivity contribution in [1.29, 1.82) is 0 Å². The predicted molar refractivity (Wildman–Crippen MR) is 259 cm³/mol. The summed E-state index contributed by atoms with van der Waals surface area (Å²) in [7, 11) is -4.59. The molecule has 15 nitrogen and oxygen atoms in total. The van der Waals surface area contributed by atoms with Crippen LogP contribution in [-0.2, 0) is 14.8 Å². The van der Waals surface area contributed by atoms with Crippen LogP contribution in [0.2, 0.25) is 5.02 Å². The van der Waals surface area contributed by atoms with Gasteiger partial charge < -0.3 is 29.6 Å². The van der Waals surface area contributed by atoms with E-state index in [9.17, 15) is 23.3 Å². The van der Waals surface area contributed by atoms with Crippen LogP contribution in [0.5, 0.6) is 5.88 Å². The monoisotopic (exact) mass is 936 g/mol. The number of nitro benzene ring substituents is 1. The van der Waals surface area contributed by atoms with Crippen molar-refractivity contribution in [1.82, 2.24) is 19.6 Å². The highest BCUT2D eigenvalue weighted by molar-refractivity contribution is 7.90. The summed E-state index contributed by atoms with van der Waals surface area (Å²) in [5, 5.41) is 16.9. The fraction of sp³-hybridized carbons (Fsp3) is 0.429. The predicted octanol–water partition coefficient (Wildman–Crippen LogP) is 9.18. The molecule has 1 amide bonds. The summed E-state index contributed by atoms with van der Waals surface area (Å²) in [6, 6.07) is 21.2. The summed E-state index contributed by atoms with van der Waals surface area (Å²) in [5.74, 6) is -0.240. The minimum Gasteiger partial charge on any atom is -0.474 e. The first-order valence-electron chi connectivity index (χ1n) is 22.7. The molecule has 2 fully saturated rings. The number of halogens is 1. The van der Waals surface area contributed by atoms with Crippen LogP contribution in [0.4, 0.5) is 28.4 Å². The fourth-order valence-corrected chi connectivity index (χ4v) is 10.8. The smallest absolute Gasteiger partial charge is 0.293 e. The maximum atomic E-state index is 14.5. The first-order chi connectivity index (χ1) is 31.5. The molecule has 1 aliphatic carbocycles. The van der Waals surface area contributed by atoms with Crippen LogP contribution in [0.1, 0.15) is 75.7 Å². The van der Waals surface area contributed by atoms with Crippen LogP contribution in [-0.4, -0.2) is 98.7 Å². The number of benzene rings is 3. The van der Waals surface area contributed by atoms with E-state index in [2.05, 4.69) is 50.8 Å². The minimum atomic E-state index is -4.59. The second-order valence-corrected chi connectivity index (χ2v) is 21.5. The van der Waals surface area contributed by atoms with E-state index in [1.165, 1.54) is 28.8 Å². The van der Waals surface area contributed by atoms with Crippen LogP contribution in [0.25, 0.3) is 16.6 Å². The Morgan fingerprint density at radius 2 is 1.73 bits per heavy atom. The third-order valence-electron chi connectivity index (χ3n) is 13.5. The molecule has 2 saturated heterocycles. The van der Waals surface area contributed by atoms with Crippen LogP contribution in [0.15, 0.2) is 89.5 Å². The van der Waals surface area contributed by atoms with Gasteiger partial charge in [0.2, 0.25) is 5.88 Å². The van der Waals surface area contributed by atoms with E-state index in [-0.39, 0.29) is 29.2 Å². The number of pyridine rings is 1. The zero-order chi connectivity index (χ0) is 46.4. The molecule has 348 valence electrons. The van der Waals surface area contributed by atoms with Crippen molar-refractivity contribution < 1.29 is 27.6 Å². The van der Waals surface area contributed by atoms with E-state index >= 15 is 0 Å². The normalized spacial score (nSPS) is 19.0. The number of aromatic nitrogens is 2. The van der Waals surface area contributed by atoms with Gasteiger partial charge in [0.05, 0.1) is 26.6 Å². The van der Waals surface area contributed by atoms with Crippen LogP contribution in [0.3, 0.4) is 0 Å². The second-order valence-electron chi connectivity index (χ2n) is 19.4. The van der Waals surface area contributed by atoms with Gasteiger partial charge in [0.25, 0.3) is 21.6 Å². The number of carbonyl (C=O) groups is 1. The molecule has 66 heavy (non-hydrogen) atoms. The van der Waals surface area contributed by atoms with Crippen molar-refractivity contribution >= 4 is 72.6 Å². The molecule has 0 atom stereocenters. The molecule has 2 aromatic heterocycles. The van der Waals surface area contributed by atoms with Gasteiger partial charge in [-0.2, -0.15) is 4.98 Å². The number of rotatable bonds is 12. The Morgan fingerprint density at radius 1 is 0.970 bits per heavy atom. The van der Waals surface area contributed by atoms with E-state index in [0.717, 1.165) is 87.0 Å². The van der Waals surface area contributed by atoms with E-state index in [1.54, 1.807) is 12.3 Å². The fourth-order valence-electron chi connectivity index (χ4n) is 9.72. The molecule has 3 N–H and O–H groups in total. The SMILES string of the molecule is CC1(C)CCC(CN2CCN(c3ccc(C(=O)NS(=O)(=O)c4ccc(NCC5CCOCC5)c([N+](=O)[O-])c4)c(N4c5cc6cc[nH]c6nc5OCC4(C)C)c3)CC2)=C(c2ccc(Cl)cc2)C1. The van der Waals surface area contributed by atoms with Crippen LogP contribution >= 0.6 is 11.6 Å². The Morgan fingerprint density at radius 3 is 2.47 bits per heavy atom. The Kier molecular flexibility index (Phi) is 12.5. The molecule has 0 saturated carbocycles. The molecule has 3 aromatic carbocycles. The lowest BCUT2D eigenvalue weighted by atomic mass is 9.72. The van der Waals surface area contributed by atoms with Crippen molar-refractivity contribution in [3.05, 3.63) is 111 Å². The summed E-state index contributed by atoms with van der Waals surface area (Å²) < 4.78 is 41.9. The Labute approximate surface area is 390 Å². The maximum absolute atomic E-state index is 14.5. The first-order valence-corrected chi connectivity index (χ1v) is 24.6. The van der Waals surface area contributed by atoms with Crippen molar-refractivity contribution in [2.75, 3.05) is 74.2 Å². The number of piperazine rings is 1. The number of anilines is 4. The average Bonchev–Trinajstić information content (AvgIpc) is 3.76. The Bertz CT molecular complexity index is 2800. The molecule has 4 aliphatic rings. The summed E-state index contributed by atoms with van der Waals surface area (Å²) in [5.41, 5.74) is 6.14. The van der Waals surface area contributed by atoms with Gasteiger partial charge in [-0.05, 0) is 123 Å². The van der Waals surface area contributed by atoms with E-state index < -0.39 is 37.0 Å². The molecule has 3 aliphatic heterocycles. The number of amides is 1. The number of sulfonamides is 1. The van der Waals surface area contributed by atoms with E-state index in [0.29, 0.717) is 42.7 Å². The lowest BCUT2D eigenvalue weighted by molar-refractivity contribution is -0.384. The van der Waals surface area contributed by atoms with Crippen LogP contribution in [0, 0.1) is 21.4 Å². The second kappa shape index (κ2) is 18.2.